The summed E-state index contributed by atoms with van der Waals surface area (Å²) >= 11 is 3.05. The van der Waals surface area contributed by atoms with Crippen LogP contribution in [0.5, 0.6) is 0 Å². The molecule has 0 saturated carbocycles. The number of unbranched alkanes of at least 4 members (excludes halogenated alkanes) is 8. The smallest absolute Gasteiger partial charge is 0.343 e. The quantitative estimate of drug-likeness (QED) is 0.00748. The third-order valence-corrected chi connectivity index (χ3v) is 28.6. The van der Waals surface area contributed by atoms with E-state index in [4.69, 9.17) is 31.4 Å². The molecule has 0 spiro atoms. The number of fused-ring (bicyclic) bond motifs is 10. The number of imide groups is 3. The van der Waals surface area contributed by atoms with Crippen molar-refractivity contribution < 1.29 is 125 Å². The van der Waals surface area contributed by atoms with Crippen LogP contribution in [0.25, 0.3) is 44.6 Å². The summed E-state index contributed by atoms with van der Waals surface area (Å²) in [6, 6.07) is 6.90. The van der Waals surface area contributed by atoms with Gasteiger partial charge in [0.25, 0.3) is 46.6 Å². The number of amides is 12. The summed E-state index contributed by atoms with van der Waals surface area (Å²) in [5.74, 6) is -7.55. The molecule has 1 fully saturated rings. The van der Waals surface area contributed by atoms with Gasteiger partial charge in [-0.25, -0.2) is 33.1 Å². The van der Waals surface area contributed by atoms with E-state index in [1.165, 1.54) is 76.0 Å². The second kappa shape index (κ2) is 53.5. The number of benzene rings is 2. The van der Waals surface area contributed by atoms with Crippen LogP contribution in [0.15, 0.2) is 70.3 Å². The maximum Gasteiger partial charge on any atom is 0.343 e. The molecule has 8 atom stereocenters. The molecule has 10 N–H and O–H groups in total. The van der Waals surface area contributed by atoms with Crippen molar-refractivity contribution in [1.29, 1.82) is 0 Å². The number of hydroxylamine groups is 2. The second-order valence-corrected chi connectivity index (χ2v) is 39.9. The van der Waals surface area contributed by atoms with Crippen molar-refractivity contribution in [2.45, 2.75) is 286 Å². The lowest BCUT2D eigenvalue weighted by molar-refractivity contribution is -0.197. The van der Waals surface area contributed by atoms with E-state index in [1.54, 1.807) is 86.6 Å². The maximum atomic E-state index is 14.9. The van der Waals surface area contributed by atoms with E-state index >= 15 is 0 Å². The van der Waals surface area contributed by atoms with Gasteiger partial charge in [-0.15, -0.1) is 28.6 Å². The number of carbonyl (C=O) groups is 18. The normalized spacial score (nSPS) is 17.2. The van der Waals surface area contributed by atoms with E-state index in [9.17, 15) is 119 Å². The molecule has 13 rings (SSSR count). The van der Waals surface area contributed by atoms with Gasteiger partial charge >= 0.3 is 17.9 Å². The summed E-state index contributed by atoms with van der Waals surface area (Å²) < 4.78 is 58.5. The number of aromatic nitrogens is 4. The summed E-state index contributed by atoms with van der Waals surface area (Å²) in [5.41, 5.74) is 7.29. The van der Waals surface area contributed by atoms with Crippen LogP contribution >= 0.6 is 23.5 Å². The average Bonchev–Trinajstić information content (AvgIpc) is 1.58. The molecule has 148 heavy (non-hydrogen) atoms. The number of Topliss-reactive ketones (excluding diaryl/α,β-unsaturated/α-hetero) is 3. The van der Waals surface area contributed by atoms with Crippen LogP contribution in [0.4, 0.5) is 13.2 Å². The molecule has 798 valence electrons. The molecule has 44 heteroatoms. The van der Waals surface area contributed by atoms with E-state index < -0.39 is 119 Å². The molecule has 0 unspecified atom stereocenters. The monoisotopic (exact) mass is 2100 g/mol. The Balaban J connectivity index is 0.000000251. The van der Waals surface area contributed by atoms with Crippen LogP contribution in [0, 0.1) is 43.2 Å². The molecule has 11 heterocycles. The Morgan fingerprint density at radius 2 is 0.878 bits per heavy atom. The number of nitrogens with zero attached hydrogens (tertiary/aromatic N) is 7. The number of hydrogen-bond acceptors (Lipinski definition) is 30. The van der Waals surface area contributed by atoms with Crippen molar-refractivity contribution in [2.75, 3.05) is 43.5 Å². The number of nitrogens with one attached hydrogen (secondary N) is 6. The van der Waals surface area contributed by atoms with Crippen LogP contribution in [-0.2, 0) is 151 Å². The van der Waals surface area contributed by atoms with Crippen molar-refractivity contribution in [2.24, 2.45) is 23.5 Å². The number of ether oxygens (including phenoxy) is 2. The highest BCUT2D eigenvalue weighted by molar-refractivity contribution is 7.99. The van der Waals surface area contributed by atoms with Gasteiger partial charge in [0.15, 0.2) is 22.8 Å². The first kappa shape index (κ1) is 115. The Kier molecular flexibility index (Phi) is 41.6. The lowest BCUT2D eigenvalue weighted by atomic mass is 9.86. The third kappa shape index (κ3) is 29.0. The fourth-order valence-electron chi connectivity index (χ4n) is 17.7. The number of rotatable bonds is 49. The van der Waals surface area contributed by atoms with Crippen LogP contribution in [0.1, 0.15) is 260 Å². The number of nitrogens with two attached hydrogens (primary N) is 1. The molecule has 1 saturated heterocycles. The Bertz CT molecular complexity index is 6340. The minimum absolute atomic E-state index is 0.00233. The summed E-state index contributed by atoms with van der Waals surface area (Å²) in [6.07, 6.45) is 13.7. The number of pyridine rings is 4. The first-order valence-electron chi connectivity index (χ1n) is 50.3. The van der Waals surface area contributed by atoms with Gasteiger partial charge in [0.05, 0.1) is 96.4 Å². The van der Waals surface area contributed by atoms with E-state index in [0.29, 0.717) is 159 Å². The molecule has 12 amide bonds. The SMILES string of the molecule is CC[C@@]1(O)C(=O)OCc2c1cc1n(c2=O)Cc2c-1nc1cc(F)c(C)cc1c2CNC(=O)CCCCCSCNC(=O)[C@H](C)CC(=O)[C@H](C)NC(=O)[C@H](C)CC(=O)CCCCCN1C(=O)C=CC1=O.CC[C@@]1(O)C(=O)OCc2c1cc1n(c2=O)Cc2c-1nc1cc(F)c(C)cc1c2CNC(=O)CCCCCSCNC(=O)[C@H](C)CC(=O)[C@H](C)NC(=O)[C@H](C)N.O=C(CCCCCN1C(=O)C=CC1=O)ON1C(=O)CCC1=O.[2H]CF. The number of carbonyl (C=O) groups excluding carboxylic acids is 18. The molecule has 0 aliphatic carbocycles. The lowest BCUT2D eigenvalue weighted by Gasteiger charge is -2.31. The van der Waals surface area contributed by atoms with E-state index in [1.807, 2.05) is 0 Å². The number of esters is 2. The van der Waals surface area contributed by atoms with Gasteiger partial charge in [-0.1, -0.05) is 60.3 Å². The Hall–Kier alpha value is -13.3. The third-order valence-electron chi connectivity index (χ3n) is 26.8. The second-order valence-electron chi connectivity index (χ2n) is 37.7. The summed E-state index contributed by atoms with van der Waals surface area (Å²) in [7, 11) is -1.00. The van der Waals surface area contributed by atoms with E-state index in [0.717, 1.165) is 47.0 Å². The summed E-state index contributed by atoms with van der Waals surface area (Å²) in [5, 5.41) is 41.1. The number of aryl methyl sites for hydroxylation is 2. The number of ketones is 3. The first-order valence-corrected chi connectivity index (χ1v) is 51.9. The van der Waals surface area contributed by atoms with E-state index in [2.05, 4.69) is 31.9 Å². The zero-order chi connectivity index (χ0) is 109. The van der Waals surface area contributed by atoms with Gasteiger partial charge in [0.1, 0.15) is 30.6 Å². The Labute approximate surface area is 862 Å². The number of aliphatic hydroxyl groups is 2. The molecular weight excluding hydrogens is 1970 g/mol. The fraction of sp³-hybridized carbons (Fsp3) is 0.519. The van der Waals surface area contributed by atoms with Crippen molar-refractivity contribution >= 4 is 151 Å². The van der Waals surface area contributed by atoms with Crippen molar-refractivity contribution in [3.05, 3.63) is 149 Å². The van der Waals surface area contributed by atoms with Crippen molar-refractivity contribution in [1.82, 2.24) is 65.9 Å². The highest BCUT2D eigenvalue weighted by Gasteiger charge is 2.48. The molecule has 4 aromatic heterocycles. The Morgan fingerprint density at radius 3 is 1.28 bits per heavy atom. The molecule has 39 nitrogen and oxygen atoms in total. The zero-order valence-electron chi connectivity index (χ0n) is 85.6. The highest BCUT2D eigenvalue weighted by Crippen LogP contribution is 2.44. The minimum Gasteiger partial charge on any atom is -0.458 e. The summed E-state index contributed by atoms with van der Waals surface area (Å²) in [4.78, 5) is 263. The zero-order valence-corrected chi connectivity index (χ0v) is 86.3. The van der Waals surface area contributed by atoms with Crippen LogP contribution in [-0.4, -0.2) is 212 Å². The maximum absolute atomic E-state index is 14.9. The topological polar surface area (TPSA) is 553 Å². The number of thioether (sulfide) groups is 2. The molecular formula is C104H129F3N14O25S2. The fourth-order valence-corrected chi connectivity index (χ4v) is 19.3. The largest absolute Gasteiger partial charge is 0.458 e. The van der Waals surface area contributed by atoms with Crippen LogP contribution in [0.2, 0.25) is 0 Å². The van der Waals surface area contributed by atoms with Gasteiger partial charge in [-0.05, 0) is 157 Å². The summed E-state index contributed by atoms with van der Waals surface area (Å²) in [6.45, 7) is 16.6. The van der Waals surface area contributed by atoms with E-state index in [-0.39, 0.29) is 197 Å². The predicted octanol–water partition coefficient (Wildman–Crippen LogP) is 8.31. The molecule has 0 radical (unpaired) electrons. The predicted molar refractivity (Wildman–Crippen MR) is 538 cm³/mol. The highest BCUT2D eigenvalue weighted by atomic mass is 32.2. The first-order chi connectivity index (χ1) is 70.8. The number of alkyl halides is 1. The molecule has 0 bridgehead atoms. The number of hydrogen-bond donors (Lipinski definition) is 9. The average molecular weight is 2100 g/mol. The lowest BCUT2D eigenvalue weighted by Crippen LogP contribution is -2.46. The molecule has 6 aromatic rings. The molecule has 2 aromatic carbocycles. The standard InChI is InChI=1S/C50H61FN6O11S.C39H49FN6O8S.C14H16N2O6.CH3F/c1-6-50(67)37-22-40-45-35(25-57(40)48(65)36(37)26-68-49(50)66)34(33-20-28(2)38(51)23-39(33)55-45)24-52-42(60)14-10-8-12-18-69-27-53-46(63)30(4)21-41(59)31(5)54-47(64)29(3)19-32(58)13-9-7-11-17-56-43(61)15-16-44(56)62;1-6-39(53)28-14-31-34-26(17-46(31)37(51)27(28)18-54-38(39)52)25(24-12-20(2)29(40)15-30(24)45-34)16-42-33(48)10-8-7-9-11-55-19-43-35(49)21(3)13-32(47)23(5)44-36(50)22(4)41;17-10-5-6-11(18)15(10)9-3-1-2-4-14(21)22-16-12(19)7-8-13(16)20;1-2/h15-16,20,22-23,29-31,67H,6-14,17-19,21,24-27H2,1-5H3,(H,52,60)(H,53,63)(H,54,64);12,14-15,21-23,53H,6-11,13,16-19,41H2,1-5H3,(H,42,48)(H,43,49)(H,44,50);5-6H,1-4,7-9H2;1H3/t29-,30-,31+,50+;21-,22+,23+,39+;;/m11../s1/i;;;1D. The van der Waals surface area contributed by atoms with Crippen LogP contribution < -0.4 is 48.8 Å². The van der Waals surface area contributed by atoms with Gasteiger partial charge in [-0.3, -0.25) is 95.7 Å². The van der Waals surface area contributed by atoms with Gasteiger partial charge in [0, 0.05) is 171 Å². The van der Waals surface area contributed by atoms with Crippen molar-refractivity contribution in [3.8, 4) is 22.8 Å². The number of cyclic esters (lactones) is 2. The Morgan fingerprint density at radius 1 is 0.500 bits per heavy atom. The number of halogens is 3. The van der Waals surface area contributed by atoms with Gasteiger partial charge in [-0.2, -0.15) is 0 Å². The molecule has 7 aliphatic heterocycles. The molecule has 7 aliphatic rings. The minimum atomic E-state index is -2.00. The van der Waals surface area contributed by atoms with Crippen LogP contribution in [0.3, 0.4) is 0 Å². The van der Waals surface area contributed by atoms with Crippen molar-refractivity contribution in [3.63, 3.8) is 0 Å². The van der Waals surface area contributed by atoms with Gasteiger partial charge in [0.2, 0.25) is 35.4 Å². The van der Waals surface area contributed by atoms with Gasteiger partial charge < -0.3 is 71.3 Å².